The van der Waals surface area contributed by atoms with E-state index in [9.17, 15) is 18.0 Å². The van der Waals surface area contributed by atoms with Crippen LogP contribution in [0.1, 0.15) is 28.4 Å². The number of hydrogen-bond donors (Lipinski definition) is 1. The van der Waals surface area contributed by atoms with Crippen LogP contribution in [0, 0.1) is 0 Å². The van der Waals surface area contributed by atoms with E-state index in [1.807, 2.05) is 0 Å². The van der Waals surface area contributed by atoms with Crippen LogP contribution in [0.3, 0.4) is 0 Å². The molecule has 0 spiro atoms. The lowest BCUT2D eigenvalue weighted by atomic mass is 10.1. The summed E-state index contributed by atoms with van der Waals surface area (Å²) in [5, 5.41) is 0. The highest BCUT2D eigenvalue weighted by Gasteiger charge is 2.24. The number of carbonyl (C=O) groups excluding carboxylic acids is 2. The van der Waals surface area contributed by atoms with Crippen LogP contribution in [0.2, 0.25) is 0 Å². The molecule has 2 rings (SSSR count). The number of carbonyl (C=O) groups is 2. The Balaban J connectivity index is 2.31. The molecule has 0 aliphatic carbocycles. The summed E-state index contributed by atoms with van der Waals surface area (Å²) < 4.78 is 38.0. The van der Waals surface area contributed by atoms with Crippen molar-refractivity contribution >= 4 is 37.9 Å². The number of sulfonamides is 1. The summed E-state index contributed by atoms with van der Waals surface area (Å²) in [5.41, 5.74) is 0.832. The zero-order chi connectivity index (χ0) is 20.0. The average molecular weight is 456 g/mol. The van der Waals surface area contributed by atoms with E-state index in [1.54, 1.807) is 24.3 Å². The minimum atomic E-state index is -3.95. The standard InChI is InChI=1S/C18H18BrNO6S/c1-25-17(21)11-16(13-4-3-5-14(19)10-13)20-27(23,24)15-8-6-12(7-9-15)18(22)26-2/h3-10,16,20H,11H2,1-2H3. The Hall–Kier alpha value is -2.23. The first kappa shape index (κ1) is 21.1. The second-order valence-corrected chi connectivity index (χ2v) is 8.15. The highest BCUT2D eigenvalue weighted by atomic mass is 79.9. The van der Waals surface area contributed by atoms with Gasteiger partial charge >= 0.3 is 11.9 Å². The van der Waals surface area contributed by atoms with E-state index >= 15 is 0 Å². The van der Waals surface area contributed by atoms with Crippen LogP contribution in [0.15, 0.2) is 57.9 Å². The molecule has 0 radical (unpaired) electrons. The summed E-state index contributed by atoms with van der Waals surface area (Å²) in [4.78, 5) is 23.2. The molecule has 9 heteroatoms. The molecule has 0 aromatic heterocycles. The fraction of sp³-hybridized carbons (Fsp3) is 0.222. The van der Waals surface area contributed by atoms with Crippen LogP contribution < -0.4 is 4.72 Å². The summed E-state index contributed by atoms with van der Waals surface area (Å²) in [6.45, 7) is 0. The zero-order valence-corrected chi connectivity index (χ0v) is 17.0. The van der Waals surface area contributed by atoms with Gasteiger partial charge in [0.1, 0.15) is 0 Å². The molecule has 0 amide bonds. The van der Waals surface area contributed by atoms with Crippen molar-refractivity contribution in [1.29, 1.82) is 0 Å². The van der Waals surface area contributed by atoms with Crippen molar-refractivity contribution in [2.24, 2.45) is 0 Å². The predicted octanol–water partition coefficient (Wildman–Crippen LogP) is 2.82. The maximum atomic E-state index is 12.7. The maximum Gasteiger partial charge on any atom is 0.337 e. The van der Waals surface area contributed by atoms with E-state index < -0.39 is 28.0 Å². The molecule has 0 saturated heterocycles. The Bertz CT molecular complexity index is 927. The largest absolute Gasteiger partial charge is 0.469 e. The minimum absolute atomic E-state index is 0.0417. The van der Waals surface area contributed by atoms with Crippen molar-refractivity contribution in [3.8, 4) is 0 Å². The third kappa shape index (κ3) is 5.62. The number of rotatable bonds is 7. The average Bonchev–Trinajstić information content (AvgIpc) is 2.66. The number of methoxy groups -OCH3 is 2. The molecule has 27 heavy (non-hydrogen) atoms. The van der Waals surface area contributed by atoms with Gasteiger partial charge < -0.3 is 9.47 Å². The molecule has 0 aliphatic rings. The second-order valence-electron chi connectivity index (χ2n) is 5.53. The summed E-state index contributed by atoms with van der Waals surface area (Å²) in [6, 6.07) is 11.4. The number of nitrogens with one attached hydrogen (secondary N) is 1. The lowest BCUT2D eigenvalue weighted by Gasteiger charge is -2.18. The normalized spacial score (nSPS) is 12.3. The fourth-order valence-electron chi connectivity index (χ4n) is 2.34. The van der Waals surface area contributed by atoms with E-state index in [-0.39, 0.29) is 16.9 Å². The van der Waals surface area contributed by atoms with Gasteiger partial charge in [-0.05, 0) is 42.0 Å². The quantitative estimate of drug-likeness (QED) is 0.644. The van der Waals surface area contributed by atoms with E-state index in [4.69, 9.17) is 0 Å². The first-order chi connectivity index (χ1) is 12.8. The van der Waals surface area contributed by atoms with E-state index in [2.05, 4.69) is 30.1 Å². The molecule has 0 fully saturated rings. The zero-order valence-electron chi connectivity index (χ0n) is 14.6. The van der Waals surface area contributed by atoms with Crippen LogP contribution in [-0.4, -0.2) is 34.6 Å². The smallest absolute Gasteiger partial charge is 0.337 e. The molecule has 0 heterocycles. The molecule has 7 nitrogen and oxygen atoms in total. The first-order valence-electron chi connectivity index (χ1n) is 7.80. The van der Waals surface area contributed by atoms with Gasteiger partial charge in [-0.25, -0.2) is 17.9 Å². The lowest BCUT2D eigenvalue weighted by molar-refractivity contribution is -0.141. The molecule has 2 aromatic rings. The van der Waals surface area contributed by atoms with Gasteiger partial charge in [0.25, 0.3) is 0 Å². The molecule has 144 valence electrons. The van der Waals surface area contributed by atoms with Crippen LogP contribution in [-0.2, 0) is 24.3 Å². The van der Waals surface area contributed by atoms with Crippen molar-refractivity contribution in [2.45, 2.75) is 17.4 Å². The summed E-state index contributed by atoms with van der Waals surface area (Å²) >= 11 is 3.33. The molecule has 0 saturated carbocycles. The summed E-state index contributed by atoms with van der Waals surface area (Å²) in [6.07, 6.45) is -0.174. The number of benzene rings is 2. The molecule has 1 unspecified atom stereocenters. The van der Waals surface area contributed by atoms with E-state index in [0.29, 0.717) is 5.56 Å². The van der Waals surface area contributed by atoms with Crippen molar-refractivity contribution in [2.75, 3.05) is 14.2 Å². The molecule has 1 N–H and O–H groups in total. The minimum Gasteiger partial charge on any atom is -0.469 e. The van der Waals surface area contributed by atoms with Crippen molar-refractivity contribution in [1.82, 2.24) is 4.72 Å². The summed E-state index contributed by atoms with van der Waals surface area (Å²) in [7, 11) is -1.47. The Kier molecular flexibility index (Phi) is 7.11. The van der Waals surface area contributed by atoms with Gasteiger partial charge in [0, 0.05) is 4.47 Å². The van der Waals surface area contributed by atoms with Crippen LogP contribution >= 0.6 is 15.9 Å². The third-order valence-electron chi connectivity index (χ3n) is 3.73. The van der Waals surface area contributed by atoms with Crippen LogP contribution in [0.4, 0.5) is 0 Å². The molecule has 0 bridgehead atoms. The second kappa shape index (κ2) is 9.12. The number of halogens is 1. The number of hydrogen-bond acceptors (Lipinski definition) is 6. The van der Waals surface area contributed by atoms with Gasteiger partial charge in [-0.15, -0.1) is 0 Å². The lowest BCUT2D eigenvalue weighted by Crippen LogP contribution is -2.30. The predicted molar refractivity (Wildman–Crippen MR) is 102 cm³/mol. The van der Waals surface area contributed by atoms with Crippen LogP contribution in [0.25, 0.3) is 0 Å². The fourth-order valence-corrected chi connectivity index (χ4v) is 3.99. The van der Waals surface area contributed by atoms with Gasteiger partial charge in [0.2, 0.25) is 10.0 Å². The van der Waals surface area contributed by atoms with Gasteiger partial charge in [0.15, 0.2) is 0 Å². The van der Waals surface area contributed by atoms with E-state index in [1.165, 1.54) is 38.5 Å². The van der Waals surface area contributed by atoms with Crippen LogP contribution in [0.5, 0.6) is 0 Å². The topological polar surface area (TPSA) is 98.8 Å². The maximum absolute atomic E-state index is 12.7. The van der Waals surface area contributed by atoms with Crippen molar-refractivity contribution in [3.05, 3.63) is 64.1 Å². The number of ether oxygens (including phenoxy) is 2. The Morgan fingerprint density at radius 1 is 1.07 bits per heavy atom. The molecule has 0 aliphatic heterocycles. The number of esters is 2. The van der Waals surface area contributed by atoms with E-state index in [0.717, 1.165) is 4.47 Å². The summed E-state index contributed by atoms with van der Waals surface area (Å²) in [5.74, 6) is -1.12. The molecule has 2 aromatic carbocycles. The van der Waals surface area contributed by atoms with Gasteiger partial charge in [-0.1, -0.05) is 28.1 Å². The van der Waals surface area contributed by atoms with Crippen molar-refractivity contribution in [3.63, 3.8) is 0 Å². The van der Waals surface area contributed by atoms with Crippen molar-refractivity contribution < 1.29 is 27.5 Å². The Morgan fingerprint density at radius 3 is 2.30 bits per heavy atom. The highest BCUT2D eigenvalue weighted by Crippen LogP contribution is 2.24. The molecule has 1 atom stereocenters. The van der Waals surface area contributed by atoms with Gasteiger partial charge in [-0.2, -0.15) is 0 Å². The Labute approximate surface area is 165 Å². The van der Waals surface area contributed by atoms with Gasteiger partial charge in [-0.3, -0.25) is 4.79 Å². The SMILES string of the molecule is COC(=O)CC(NS(=O)(=O)c1ccc(C(=O)OC)cc1)c1cccc(Br)c1. The Morgan fingerprint density at radius 2 is 1.74 bits per heavy atom. The molecular formula is C18H18BrNO6S. The first-order valence-corrected chi connectivity index (χ1v) is 10.1. The van der Waals surface area contributed by atoms with Gasteiger partial charge in [0.05, 0.1) is 37.1 Å². The molecular weight excluding hydrogens is 438 g/mol. The third-order valence-corrected chi connectivity index (χ3v) is 5.71. The monoisotopic (exact) mass is 455 g/mol. The highest BCUT2D eigenvalue weighted by molar-refractivity contribution is 9.10.